The van der Waals surface area contributed by atoms with Crippen molar-refractivity contribution in [3.8, 4) is 0 Å². The first-order valence-electron chi connectivity index (χ1n) is 5.42. The molecule has 0 saturated carbocycles. The molecular formula is C13H14ClN3. The maximum Gasteiger partial charge on any atom is 0.134 e. The summed E-state index contributed by atoms with van der Waals surface area (Å²) in [5.74, 6) is 2.04. The van der Waals surface area contributed by atoms with E-state index < -0.39 is 0 Å². The van der Waals surface area contributed by atoms with Crippen LogP contribution in [-0.4, -0.2) is 9.97 Å². The van der Waals surface area contributed by atoms with Crippen molar-refractivity contribution in [3.63, 3.8) is 0 Å². The normalized spacial score (nSPS) is 10.3. The number of benzene rings is 1. The summed E-state index contributed by atoms with van der Waals surface area (Å²) in [5, 5.41) is 3.27. The van der Waals surface area contributed by atoms with Crippen LogP contribution < -0.4 is 5.32 Å². The number of aryl methyl sites for hydroxylation is 2. The Labute approximate surface area is 106 Å². The molecule has 0 bridgehead atoms. The van der Waals surface area contributed by atoms with Gasteiger partial charge in [0.1, 0.15) is 11.6 Å². The van der Waals surface area contributed by atoms with Gasteiger partial charge in [0, 0.05) is 23.3 Å². The lowest BCUT2D eigenvalue weighted by Gasteiger charge is -2.10. The average Bonchev–Trinajstić information content (AvgIpc) is 2.28. The molecule has 2 aromatic rings. The van der Waals surface area contributed by atoms with Gasteiger partial charge in [-0.3, -0.25) is 0 Å². The Bertz CT molecular complexity index is 506. The van der Waals surface area contributed by atoms with Crippen LogP contribution in [0.3, 0.4) is 0 Å². The summed E-state index contributed by atoms with van der Waals surface area (Å²) in [7, 11) is 0. The fraction of sp³-hybridized carbons (Fsp3) is 0.231. The molecule has 0 unspecified atom stereocenters. The predicted molar refractivity (Wildman–Crippen MR) is 70.8 cm³/mol. The summed E-state index contributed by atoms with van der Waals surface area (Å²) in [6.45, 7) is 3.83. The number of para-hydroxylation sites is 1. The lowest BCUT2D eigenvalue weighted by atomic mass is 10.2. The zero-order valence-corrected chi connectivity index (χ0v) is 10.6. The topological polar surface area (TPSA) is 37.8 Å². The molecule has 0 aliphatic heterocycles. The van der Waals surface area contributed by atoms with Gasteiger partial charge in [0.05, 0.1) is 0 Å². The molecule has 0 fully saturated rings. The Kier molecular flexibility index (Phi) is 3.59. The number of nitrogens with zero attached hydrogens (tertiary/aromatic N) is 2. The van der Waals surface area contributed by atoms with Gasteiger partial charge in [-0.05, 0) is 25.5 Å². The molecule has 0 saturated heterocycles. The van der Waals surface area contributed by atoms with Gasteiger partial charge in [-0.25, -0.2) is 9.97 Å². The number of halogens is 1. The Morgan fingerprint density at radius 3 is 2.65 bits per heavy atom. The van der Waals surface area contributed by atoms with Gasteiger partial charge in [-0.2, -0.15) is 0 Å². The van der Waals surface area contributed by atoms with Crippen molar-refractivity contribution in [3.05, 3.63) is 47.4 Å². The SMILES string of the molecule is Cc1cc(Nc2ccccc2CCl)nc(C)n1. The zero-order chi connectivity index (χ0) is 12.3. The number of rotatable bonds is 3. The van der Waals surface area contributed by atoms with Crippen LogP contribution in [0.15, 0.2) is 30.3 Å². The van der Waals surface area contributed by atoms with E-state index >= 15 is 0 Å². The van der Waals surface area contributed by atoms with E-state index in [4.69, 9.17) is 11.6 Å². The molecule has 0 radical (unpaired) electrons. The molecule has 0 amide bonds. The van der Waals surface area contributed by atoms with E-state index in [9.17, 15) is 0 Å². The van der Waals surface area contributed by atoms with Gasteiger partial charge in [-0.15, -0.1) is 11.6 Å². The van der Waals surface area contributed by atoms with E-state index in [1.165, 1.54) is 0 Å². The molecule has 1 N–H and O–H groups in total. The van der Waals surface area contributed by atoms with E-state index in [1.807, 2.05) is 44.2 Å². The number of anilines is 2. The molecule has 1 aromatic heterocycles. The molecule has 4 heteroatoms. The molecule has 0 aliphatic carbocycles. The van der Waals surface area contributed by atoms with Gasteiger partial charge in [-0.1, -0.05) is 18.2 Å². The van der Waals surface area contributed by atoms with Crippen LogP contribution >= 0.6 is 11.6 Å². The van der Waals surface area contributed by atoms with Gasteiger partial charge >= 0.3 is 0 Å². The average molecular weight is 248 g/mol. The first-order chi connectivity index (χ1) is 8.19. The second kappa shape index (κ2) is 5.15. The molecule has 2 rings (SSSR count). The van der Waals surface area contributed by atoms with E-state index in [-0.39, 0.29) is 0 Å². The van der Waals surface area contributed by atoms with Crippen LogP contribution in [-0.2, 0) is 5.88 Å². The van der Waals surface area contributed by atoms with Crippen LogP contribution in [0.1, 0.15) is 17.1 Å². The van der Waals surface area contributed by atoms with Crippen molar-refractivity contribution < 1.29 is 0 Å². The van der Waals surface area contributed by atoms with Crippen LogP contribution in [0.5, 0.6) is 0 Å². The summed E-state index contributed by atoms with van der Waals surface area (Å²) in [4.78, 5) is 8.58. The van der Waals surface area contributed by atoms with E-state index in [2.05, 4.69) is 15.3 Å². The summed E-state index contributed by atoms with van der Waals surface area (Å²) in [6, 6.07) is 9.84. The molecule has 0 spiro atoms. The van der Waals surface area contributed by atoms with Crippen molar-refractivity contribution >= 4 is 23.1 Å². The molecule has 3 nitrogen and oxygen atoms in total. The van der Waals surface area contributed by atoms with Gasteiger partial charge in [0.25, 0.3) is 0 Å². The van der Waals surface area contributed by atoms with E-state index in [0.717, 1.165) is 28.6 Å². The smallest absolute Gasteiger partial charge is 0.134 e. The molecule has 0 aliphatic rings. The quantitative estimate of drug-likeness (QED) is 0.843. The highest BCUT2D eigenvalue weighted by atomic mass is 35.5. The third-order valence-electron chi connectivity index (χ3n) is 2.39. The minimum Gasteiger partial charge on any atom is -0.340 e. The summed E-state index contributed by atoms with van der Waals surface area (Å²) in [6.07, 6.45) is 0. The Balaban J connectivity index is 2.31. The van der Waals surface area contributed by atoms with Crippen molar-refractivity contribution in [2.45, 2.75) is 19.7 Å². The second-order valence-corrected chi connectivity index (χ2v) is 4.12. The summed E-state index contributed by atoms with van der Waals surface area (Å²) >= 11 is 5.89. The fourth-order valence-electron chi connectivity index (χ4n) is 1.68. The Hall–Kier alpha value is -1.61. The first kappa shape index (κ1) is 11.9. The van der Waals surface area contributed by atoms with Crippen molar-refractivity contribution in [1.82, 2.24) is 9.97 Å². The summed E-state index contributed by atoms with van der Waals surface area (Å²) < 4.78 is 0. The number of aromatic nitrogens is 2. The Morgan fingerprint density at radius 1 is 1.18 bits per heavy atom. The van der Waals surface area contributed by atoms with E-state index in [0.29, 0.717) is 5.88 Å². The number of hydrogen-bond donors (Lipinski definition) is 1. The highest BCUT2D eigenvalue weighted by Gasteiger charge is 2.03. The second-order valence-electron chi connectivity index (χ2n) is 3.86. The largest absolute Gasteiger partial charge is 0.340 e. The van der Waals surface area contributed by atoms with Gasteiger partial charge in [0.2, 0.25) is 0 Å². The van der Waals surface area contributed by atoms with Crippen LogP contribution in [0.25, 0.3) is 0 Å². The number of nitrogens with one attached hydrogen (secondary N) is 1. The van der Waals surface area contributed by atoms with Crippen molar-refractivity contribution in [1.29, 1.82) is 0 Å². The minimum absolute atomic E-state index is 0.478. The van der Waals surface area contributed by atoms with E-state index in [1.54, 1.807) is 0 Å². The van der Waals surface area contributed by atoms with Crippen molar-refractivity contribution in [2.24, 2.45) is 0 Å². The minimum atomic E-state index is 0.478. The predicted octanol–water partition coefficient (Wildman–Crippen LogP) is 3.58. The maximum atomic E-state index is 5.89. The van der Waals surface area contributed by atoms with Gasteiger partial charge in [0.15, 0.2) is 0 Å². The molecule has 17 heavy (non-hydrogen) atoms. The molecule has 1 heterocycles. The van der Waals surface area contributed by atoms with Crippen LogP contribution in [0, 0.1) is 13.8 Å². The lowest BCUT2D eigenvalue weighted by molar-refractivity contribution is 1.01. The highest BCUT2D eigenvalue weighted by Crippen LogP contribution is 2.21. The van der Waals surface area contributed by atoms with Crippen molar-refractivity contribution in [2.75, 3.05) is 5.32 Å². The highest BCUT2D eigenvalue weighted by molar-refractivity contribution is 6.17. The first-order valence-corrected chi connectivity index (χ1v) is 5.95. The Morgan fingerprint density at radius 2 is 1.94 bits per heavy atom. The lowest BCUT2D eigenvalue weighted by Crippen LogP contribution is -2.00. The molecule has 1 aromatic carbocycles. The van der Waals surface area contributed by atoms with Crippen LogP contribution in [0.2, 0.25) is 0 Å². The van der Waals surface area contributed by atoms with Crippen LogP contribution in [0.4, 0.5) is 11.5 Å². The summed E-state index contributed by atoms with van der Waals surface area (Å²) in [5.41, 5.74) is 2.99. The fourth-order valence-corrected chi connectivity index (χ4v) is 1.91. The molecular weight excluding hydrogens is 234 g/mol. The maximum absolute atomic E-state index is 5.89. The molecule has 0 atom stereocenters. The standard InChI is InChI=1S/C13H14ClN3/c1-9-7-13(16-10(2)15-9)17-12-6-4-3-5-11(12)8-14/h3-7H,8H2,1-2H3,(H,15,16,17). The third-order valence-corrected chi connectivity index (χ3v) is 2.68. The zero-order valence-electron chi connectivity index (χ0n) is 9.87. The number of hydrogen-bond acceptors (Lipinski definition) is 3. The monoisotopic (exact) mass is 247 g/mol. The number of alkyl halides is 1. The van der Waals surface area contributed by atoms with Gasteiger partial charge < -0.3 is 5.32 Å². The molecule has 88 valence electrons. The third kappa shape index (κ3) is 2.94.